The van der Waals surface area contributed by atoms with Crippen molar-refractivity contribution in [3.8, 4) is 6.07 Å². The molecule has 2 amide bonds. The fourth-order valence-electron chi connectivity index (χ4n) is 6.02. The second-order valence-electron chi connectivity index (χ2n) is 11.2. The maximum absolute atomic E-state index is 14.4. The fraction of sp³-hybridized carbons (Fsp3) is 0.229. The van der Waals surface area contributed by atoms with Gasteiger partial charge in [-0.05, 0) is 42.7 Å². The summed E-state index contributed by atoms with van der Waals surface area (Å²) in [6.45, 7) is 5.98. The van der Waals surface area contributed by atoms with Gasteiger partial charge in [0.15, 0.2) is 0 Å². The maximum atomic E-state index is 14.4. The van der Waals surface area contributed by atoms with Crippen LogP contribution in [0, 0.1) is 11.3 Å². The number of fused-ring (bicyclic) bond motifs is 1. The van der Waals surface area contributed by atoms with Gasteiger partial charge in [0.2, 0.25) is 0 Å². The molecule has 3 aromatic rings. The number of rotatable bonds is 7. The van der Waals surface area contributed by atoms with Gasteiger partial charge >= 0.3 is 0 Å². The Balaban J connectivity index is 1.44. The van der Waals surface area contributed by atoms with Gasteiger partial charge in [0.05, 0.1) is 0 Å². The molecule has 0 spiro atoms. The Morgan fingerprint density at radius 2 is 1.43 bits per heavy atom. The number of nitriles is 1. The van der Waals surface area contributed by atoms with E-state index in [1.54, 1.807) is 13.0 Å². The summed E-state index contributed by atoms with van der Waals surface area (Å²) in [5, 5.41) is 11.3. The molecule has 0 atom stereocenters. The van der Waals surface area contributed by atoms with Crippen molar-refractivity contribution < 1.29 is 14.2 Å². The first-order valence-corrected chi connectivity index (χ1v) is 15.9. The van der Waals surface area contributed by atoms with Gasteiger partial charge in [0, 0.05) is 52.7 Å². The predicted octanol–water partition coefficient (Wildman–Crippen LogP) is 5.84. The van der Waals surface area contributed by atoms with Gasteiger partial charge < -0.3 is 9.46 Å². The Bertz CT molecular complexity index is 1690. The van der Waals surface area contributed by atoms with Crippen LogP contribution in [0.1, 0.15) is 32.8 Å². The van der Waals surface area contributed by atoms with E-state index in [1.807, 2.05) is 92.0 Å². The van der Waals surface area contributed by atoms with Gasteiger partial charge in [-0.25, -0.2) is 0 Å². The van der Waals surface area contributed by atoms with Crippen LogP contribution in [0.2, 0.25) is 0 Å². The molecule has 0 aliphatic carbocycles. The smallest absolute Gasteiger partial charge is 0.271 e. The summed E-state index contributed by atoms with van der Waals surface area (Å²) in [6.07, 6.45) is 4.25. The molecule has 42 heavy (non-hydrogen) atoms. The molecule has 2 heterocycles. The van der Waals surface area contributed by atoms with Gasteiger partial charge in [-0.3, -0.25) is 14.5 Å². The summed E-state index contributed by atoms with van der Waals surface area (Å²) in [4.78, 5) is 30.3. The number of amides is 2. The van der Waals surface area contributed by atoms with Crippen LogP contribution in [0.3, 0.4) is 0 Å². The highest BCUT2D eigenvalue weighted by molar-refractivity contribution is 7.78. The first kappa shape index (κ1) is 29.0. The summed E-state index contributed by atoms with van der Waals surface area (Å²) in [5.74, 6) is -1.05. The lowest BCUT2D eigenvalue weighted by molar-refractivity contribution is -0.140. The lowest BCUT2D eigenvalue weighted by Gasteiger charge is -2.28. The first-order chi connectivity index (χ1) is 20.1. The Labute approximate surface area is 247 Å². The maximum Gasteiger partial charge on any atom is 0.271 e. The number of imide groups is 1. The lowest BCUT2D eigenvalue weighted by Crippen LogP contribution is -2.43. The quantitative estimate of drug-likeness (QED) is 0.201. The van der Waals surface area contributed by atoms with E-state index in [2.05, 4.69) is 30.9 Å². The largest absolute Gasteiger partial charge is 0.347 e. The summed E-state index contributed by atoms with van der Waals surface area (Å²) < 4.78 is 14.4. The van der Waals surface area contributed by atoms with Crippen molar-refractivity contribution in [3.05, 3.63) is 125 Å². The zero-order valence-electron chi connectivity index (χ0n) is 24.4. The Hall–Kier alpha value is -4.46. The van der Waals surface area contributed by atoms with E-state index in [0.717, 1.165) is 26.9 Å². The average Bonchev–Trinajstić information content (AvgIpc) is 3.20. The molecule has 5 rings (SSSR count). The second-order valence-corrected chi connectivity index (χ2v) is 14.2. The van der Waals surface area contributed by atoms with Crippen LogP contribution < -0.4 is 15.5 Å². The number of para-hydroxylation sites is 1. The lowest BCUT2D eigenvalue weighted by atomic mass is 9.83. The molecule has 0 fully saturated rings. The minimum absolute atomic E-state index is 0.0455. The number of carbonyl (C=O) groups excluding carboxylic acids is 2. The van der Waals surface area contributed by atoms with Crippen molar-refractivity contribution in [3.63, 3.8) is 0 Å². The molecule has 0 aromatic heterocycles. The molecule has 2 aliphatic rings. The number of hydrogen-bond acceptors (Lipinski definition) is 5. The predicted molar refractivity (Wildman–Crippen MR) is 168 cm³/mol. The highest BCUT2D eigenvalue weighted by Gasteiger charge is 2.39. The number of hydrogen-bond donors (Lipinski definition) is 0. The fourth-order valence-corrected chi connectivity index (χ4v) is 8.73. The highest BCUT2D eigenvalue weighted by Crippen LogP contribution is 2.47. The Morgan fingerprint density at radius 3 is 2.00 bits per heavy atom. The number of anilines is 1. The Morgan fingerprint density at radius 1 is 0.857 bits per heavy atom. The third-order valence-corrected chi connectivity index (χ3v) is 11.6. The number of carbonyl (C=O) groups is 2. The van der Waals surface area contributed by atoms with Crippen molar-refractivity contribution >= 4 is 35.3 Å². The summed E-state index contributed by atoms with van der Waals surface area (Å²) >= 11 is 0. The van der Waals surface area contributed by atoms with E-state index in [9.17, 15) is 19.4 Å². The van der Waals surface area contributed by atoms with E-state index in [0.29, 0.717) is 17.6 Å². The molecule has 3 aromatic carbocycles. The molecule has 2 aliphatic heterocycles. The third kappa shape index (κ3) is 4.95. The van der Waals surface area contributed by atoms with Gasteiger partial charge in [-0.2, -0.15) is 5.26 Å². The molecule has 0 radical (unpaired) electrons. The van der Waals surface area contributed by atoms with Crippen LogP contribution in [0.25, 0.3) is 0 Å². The molecule has 0 saturated heterocycles. The van der Waals surface area contributed by atoms with Crippen molar-refractivity contribution in [1.29, 1.82) is 5.26 Å². The number of allylic oxidation sites excluding steroid dienone is 3. The van der Waals surface area contributed by atoms with Crippen LogP contribution >= 0.6 is 7.14 Å². The molecule has 0 bridgehead atoms. The van der Waals surface area contributed by atoms with Crippen molar-refractivity contribution in [2.24, 2.45) is 0 Å². The number of likely N-dealkylation sites (N-methyl/N-ethyl adjacent to an activating group) is 1. The summed E-state index contributed by atoms with van der Waals surface area (Å²) in [7, 11) is -1.02. The average molecular weight is 576 g/mol. The molecule has 212 valence electrons. The molecule has 0 saturated carbocycles. The van der Waals surface area contributed by atoms with Gasteiger partial charge in [0.25, 0.3) is 11.8 Å². The standard InChI is InChI=1S/C35H34N3O3P/c1-25-28(20-21-32-35(2,3)30-18-11-12-19-31(30)37(32)4)33(39)38(34(40)29(25)24-36)22-13-23-42(41,26-14-7-5-8-15-26)27-16-9-6-10-17-27/h5-12,14-21H,13,22-23H2,1-4H3/b28-20-,32-21+. The van der Waals surface area contributed by atoms with E-state index in [-0.39, 0.29) is 23.7 Å². The van der Waals surface area contributed by atoms with E-state index in [1.165, 1.54) is 5.56 Å². The molecule has 0 N–H and O–H groups in total. The minimum Gasteiger partial charge on any atom is -0.347 e. The molecule has 6 nitrogen and oxygen atoms in total. The molecule has 0 unspecified atom stereocenters. The molecular formula is C35H34N3O3P. The van der Waals surface area contributed by atoms with Crippen LogP contribution in [0.5, 0.6) is 0 Å². The normalized spacial score (nSPS) is 18.5. The number of nitrogens with zero attached hydrogens (tertiary/aromatic N) is 3. The molecule has 7 heteroatoms. The monoisotopic (exact) mass is 575 g/mol. The van der Waals surface area contributed by atoms with Crippen LogP contribution in [0.4, 0.5) is 5.69 Å². The highest BCUT2D eigenvalue weighted by atomic mass is 31.2. The summed E-state index contributed by atoms with van der Waals surface area (Å²) in [6, 6.07) is 28.9. The minimum atomic E-state index is -3.01. The topological polar surface area (TPSA) is 81.5 Å². The third-order valence-electron chi connectivity index (χ3n) is 8.37. The van der Waals surface area contributed by atoms with Crippen LogP contribution in [0.15, 0.2) is 119 Å². The van der Waals surface area contributed by atoms with Crippen molar-refractivity contribution in [2.75, 3.05) is 24.7 Å². The SMILES string of the molecule is CC1=C(C#N)C(=O)N(CCCP(=O)(c2ccccc2)c2ccccc2)C(=O)/C1=C\C=C1\N(C)c2ccccc2C1(C)C. The van der Waals surface area contributed by atoms with E-state index >= 15 is 0 Å². The van der Waals surface area contributed by atoms with Gasteiger partial charge in [-0.15, -0.1) is 0 Å². The van der Waals surface area contributed by atoms with Crippen molar-refractivity contribution in [2.45, 2.75) is 32.6 Å². The first-order valence-electron chi connectivity index (χ1n) is 14.0. The number of benzene rings is 3. The van der Waals surface area contributed by atoms with Gasteiger partial charge in [-0.1, -0.05) is 92.7 Å². The van der Waals surface area contributed by atoms with E-state index in [4.69, 9.17) is 0 Å². The van der Waals surface area contributed by atoms with Crippen molar-refractivity contribution in [1.82, 2.24) is 4.90 Å². The Kier molecular flexibility index (Phi) is 7.91. The van der Waals surface area contributed by atoms with E-state index < -0.39 is 19.0 Å². The van der Waals surface area contributed by atoms with Gasteiger partial charge in [0.1, 0.15) is 18.8 Å². The second kappa shape index (κ2) is 11.4. The zero-order valence-corrected chi connectivity index (χ0v) is 25.3. The van der Waals surface area contributed by atoms with Crippen LogP contribution in [-0.4, -0.2) is 36.5 Å². The molecular weight excluding hydrogens is 541 g/mol. The summed E-state index contributed by atoms with van der Waals surface area (Å²) in [5.41, 5.74) is 3.65. The zero-order chi connectivity index (χ0) is 30.1. The van der Waals surface area contributed by atoms with Crippen LogP contribution in [-0.2, 0) is 19.6 Å².